The fourth-order valence-electron chi connectivity index (χ4n) is 3.59. The lowest BCUT2D eigenvalue weighted by atomic mass is 10.0. The molecule has 1 fully saturated rings. The Morgan fingerprint density at radius 1 is 1.14 bits per heavy atom. The Morgan fingerprint density at radius 3 is 2.57 bits per heavy atom. The van der Waals surface area contributed by atoms with Crippen LogP contribution in [0.4, 0.5) is 5.69 Å². The van der Waals surface area contributed by atoms with Crippen LogP contribution in [0.2, 0.25) is 0 Å². The topological polar surface area (TPSA) is 67.9 Å². The van der Waals surface area contributed by atoms with Crippen LogP contribution >= 0.6 is 0 Å². The number of carbonyl (C=O) groups excluding carboxylic acids is 2. The Hall–Kier alpha value is -2.86. The summed E-state index contributed by atoms with van der Waals surface area (Å²) >= 11 is 0. The molecule has 1 heterocycles. The minimum atomic E-state index is -0.422. The predicted octanol–water partition coefficient (Wildman–Crippen LogP) is 3.57. The Labute approximate surface area is 165 Å². The van der Waals surface area contributed by atoms with E-state index in [1.165, 1.54) is 12.7 Å². The van der Waals surface area contributed by atoms with E-state index >= 15 is 0 Å². The number of rotatable bonds is 6. The van der Waals surface area contributed by atoms with Gasteiger partial charge in [0.25, 0.3) is 0 Å². The molecule has 1 aliphatic rings. The average molecular weight is 382 g/mol. The number of nitrogens with zero attached hydrogens (tertiary/aromatic N) is 1. The first kappa shape index (κ1) is 19.9. The van der Waals surface area contributed by atoms with Gasteiger partial charge in [0.2, 0.25) is 5.91 Å². The maximum Gasteiger partial charge on any atom is 0.337 e. The van der Waals surface area contributed by atoms with Crippen molar-refractivity contribution in [3.63, 3.8) is 0 Å². The molecule has 148 valence electrons. The van der Waals surface area contributed by atoms with Crippen LogP contribution in [0.25, 0.3) is 0 Å². The number of nitrogens with one attached hydrogen (secondary N) is 1. The molecule has 3 rings (SSSR count). The second-order valence-electron chi connectivity index (χ2n) is 6.97. The number of anilines is 1. The third kappa shape index (κ3) is 4.51. The SMILES string of the molecule is COC(=O)c1ccc(C)c(NC(=O)CN2CCC[C@H]2c2ccc(OC)cc2)c1. The number of aryl methyl sites for hydroxylation is 1. The Morgan fingerprint density at radius 2 is 1.89 bits per heavy atom. The minimum absolute atomic E-state index is 0.0921. The number of ether oxygens (including phenoxy) is 2. The van der Waals surface area contributed by atoms with Gasteiger partial charge in [0, 0.05) is 11.7 Å². The zero-order chi connectivity index (χ0) is 20.1. The predicted molar refractivity (Wildman–Crippen MR) is 108 cm³/mol. The zero-order valence-electron chi connectivity index (χ0n) is 16.5. The van der Waals surface area contributed by atoms with Gasteiger partial charge >= 0.3 is 5.97 Å². The fraction of sp³-hybridized carbons (Fsp3) is 0.364. The molecular weight excluding hydrogens is 356 g/mol. The lowest BCUT2D eigenvalue weighted by molar-refractivity contribution is -0.117. The van der Waals surface area contributed by atoms with Crippen molar-refractivity contribution < 1.29 is 19.1 Å². The van der Waals surface area contributed by atoms with Crippen LogP contribution in [-0.4, -0.2) is 44.1 Å². The van der Waals surface area contributed by atoms with Crippen molar-refractivity contribution in [2.24, 2.45) is 0 Å². The number of carbonyl (C=O) groups is 2. The van der Waals surface area contributed by atoms with Crippen molar-refractivity contribution in [3.05, 3.63) is 59.2 Å². The maximum atomic E-state index is 12.7. The van der Waals surface area contributed by atoms with Crippen LogP contribution in [0.5, 0.6) is 5.75 Å². The molecular formula is C22H26N2O4. The first-order chi connectivity index (χ1) is 13.5. The molecule has 6 nitrogen and oxygen atoms in total. The van der Waals surface area contributed by atoms with E-state index < -0.39 is 5.97 Å². The Bertz CT molecular complexity index is 848. The Kier molecular flexibility index (Phi) is 6.31. The highest BCUT2D eigenvalue weighted by Crippen LogP contribution is 2.32. The molecule has 2 aromatic rings. The molecule has 0 saturated carbocycles. The van der Waals surface area contributed by atoms with Gasteiger partial charge in [-0.05, 0) is 61.7 Å². The molecule has 0 unspecified atom stereocenters. The summed E-state index contributed by atoms with van der Waals surface area (Å²) in [5.74, 6) is 0.312. The number of hydrogen-bond acceptors (Lipinski definition) is 5. The number of methoxy groups -OCH3 is 2. The molecule has 1 amide bonds. The van der Waals surface area contributed by atoms with E-state index in [1.54, 1.807) is 25.3 Å². The van der Waals surface area contributed by atoms with Crippen molar-refractivity contribution in [2.45, 2.75) is 25.8 Å². The molecule has 0 aromatic heterocycles. The van der Waals surface area contributed by atoms with Crippen molar-refractivity contribution >= 4 is 17.6 Å². The van der Waals surface area contributed by atoms with Gasteiger partial charge in [-0.15, -0.1) is 0 Å². The van der Waals surface area contributed by atoms with Crippen molar-refractivity contribution in [1.82, 2.24) is 4.90 Å². The van der Waals surface area contributed by atoms with Crippen molar-refractivity contribution in [2.75, 3.05) is 32.6 Å². The maximum absolute atomic E-state index is 12.7. The number of likely N-dealkylation sites (tertiary alicyclic amines) is 1. The van der Waals surface area contributed by atoms with Gasteiger partial charge < -0.3 is 14.8 Å². The molecule has 1 saturated heterocycles. The smallest absolute Gasteiger partial charge is 0.337 e. The summed E-state index contributed by atoms with van der Waals surface area (Å²) in [7, 11) is 2.99. The molecule has 1 aliphatic heterocycles. The number of benzene rings is 2. The molecule has 0 aliphatic carbocycles. The number of amides is 1. The fourth-order valence-corrected chi connectivity index (χ4v) is 3.59. The van der Waals surface area contributed by atoms with Gasteiger partial charge in [0.15, 0.2) is 0 Å². The van der Waals surface area contributed by atoms with Crippen LogP contribution in [0.3, 0.4) is 0 Å². The molecule has 0 spiro atoms. The van der Waals surface area contributed by atoms with E-state index in [9.17, 15) is 9.59 Å². The summed E-state index contributed by atoms with van der Waals surface area (Å²) in [6.45, 7) is 3.08. The molecule has 1 atom stereocenters. The van der Waals surface area contributed by atoms with Crippen LogP contribution in [0.1, 0.15) is 40.4 Å². The molecule has 0 bridgehead atoms. The largest absolute Gasteiger partial charge is 0.497 e. The third-order valence-electron chi connectivity index (χ3n) is 5.14. The minimum Gasteiger partial charge on any atom is -0.497 e. The highest BCUT2D eigenvalue weighted by Gasteiger charge is 2.27. The summed E-state index contributed by atoms with van der Waals surface area (Å²) < 4.78 is 9.98. The third-order valence-corrected chi connectivity index (χ3v) is 5.14. The van der Waals surface area contributed by atoms with Gasteiger partial charge in [0.05, 0.1) is 26.3 Å². The van der Waals surface area contributed by atoms with E-state index in [0.29, 0.717) is 17.8 Å². The standard InChI is InChI=1S/C22H26N2O4/c1-15-6-7-17(22(26)28-3)13-19(15)23-21(25)14-24-12-4-5-20(24)16-8-10-18(27-2)11-9-16/h6-11,13,20H,4-5,12,14H2,1-3H3,(H,23,25)/t20-/m0/s1. The van der Waals surface area contributed by atoms with Crippen LogP contribution in [0.15, 0.2) is 42.5 Å². The van der Waals surface area contributed by atoms with E-state index in [4.69, 9.17) is 9.47 Å². The van der Waals surface area contributed by atoms with Gasteiger partial charge in [-0.2, -0.15) is 0 Å². The van der Waals surface area contributed by atoms with Crippen LogP contribution in [-0.2, 0) is 9.53 Å². The average Bonchev–Trinajstić information content (AvgIpc) is 3.17. The van der Waals surface area contributed by atoms with E-state index in [1.807, 2.05) is 19.1 Å². The van der Waals surface area contributed by atoms with Crippen LogP contribution in [0, 0.1) is 6.92 Å². The number of hydrogen-bond donors (Lipinski definition) is 1. The van der Waals surface area contributed by atoms with Gasteiger partial charge in [-0.1, -0.05) is 18.2 Å². The second-order valence-corrected chi connectivity index (χ2v) is 6.97. The van der Waals surface area contributed by atoms with E-state index in [2.05, 4.69) is 22.3 Å². The van der Waals surface area contributed by atoms with Gasteiger partial charge in [-0.25, -0.2) is 4.79 Å². The molecule has 28 heavy (non-hydrogen) atoms. The van der Waals surface area contributed by atoms with E-state index in [-0.39, 0.29) is 11.9 Å². The first-order valence-electron chi connectivity index (χ1n) is 9.38. The lowest BCUT2D eigenvalue weighted by Gasteiger charge is -2.24. The quantitative estimate of drug-likeness (QED) is 0.774. The molecule has 6 heteroatoms. The molecule has 0 radical (unpaired) electrons. The van der Waals surface area contributed by atoms with Crippen molar-refractivity contribution in [3.8, 4) is 5.75 Å². The second kappa shape index (κ2) is 8.89. The summed E-state index contributed by atoms with van der Waals surface area (Å²) in [6, 6.07) is 13.4. The lowest BCUT2D eigenvalue weighted by Crippen LogP contribution is -2.33. The highest BCUT2D eigenvalue weighted by molar-refractivity contribution is 5.96. The summed E-state index contributed by atoms with van der Waals surface area (Å²) in [4.78, 5) is 26.6. The Balaban J connectivity index is 1.67. The normalized spacial score (nSPS) is 16.6. The zero-order valence-corrected chi connectivity index (χ0v) is 16.5. The highest BCUT2D eigenvalue weighted by atomic mass is 16.5. The van der Waals surface area contributed by atoms with E-state index in [0.717, 1.165) is 30.7 Å². The summed E-state index contributed by atoms with van der Waals surface area (Å²) in [5.41, 5.74) is 3.14. The molecule has 1 N–H and O–H groups in total. The summed E-state index contributed by atoms with van der Waals surface area (Å²) in [5, 5.41) is 2.94. The first-order valence-corrected chi connectivity index (χ1v) is 9.38. The van der Waals surface area contributed by atoms with Gasteiger partial charge in [-0.3, -0.25) is 9.69 Å². The van der Waals surface area contributed by atoms with Crippen molar-refractivity contribution in [1.29, 1.82) is 0 Å². The van der Waals surface area contributed by atoms with Crippen LogP contribution < -0.4 is 10.1 Å². The monoisotopic (exact) mass is 382 g/mol. The molecule has 2 aromatic carbocycles. The van der Waals surface area contributed by atoms with Gasteiger partial charge in [0.1, 0.15) is 5.75 Å². The number of esters is 1. The summed E-state index contributed by atoms with van der Waals surface area (Å²) in [6.07, 6.45) is 2.08.